The Labute approximate surface area is 361 Å². The summed E-state index contributed by atoms with van der Waals surface area (Å²) in [6.45, 7) is 0. The first-order valence-electron chi connectivity index (χ1n) is 21.7. The predicted octanol–water partition coefficient (Wildman–Crippen LogP) is 16.6. The molecule has 0 saturated heterocycles. The second kappa shape index (κ2) is 13.1. The van der Waals surface area contributed by atoms with Gasteiger partial charge in [0.05, 0.1) is 27.8 Å². The fourth-order valence-electron chi connectivity index (χ4n) is 10.8. The van der Waals surface area contributed by atoms with Crippen molar-refractivity contribution >= 4 is 97.9 Å². The Kier molecular flexibility index (Phi) is 7.11. The highest BCUT2D eigenvalue weighted by molar-refractivity contribution is 6.31. The maximum absolute atomic E-state index is 6.66. The standard InChI is InChI=1S/C60H36N2O/c1-2-15-39(16-3-1)61-52-27-9-6-18-41(52)50-35-37(31-33-54(50)61)38-32-34-55-51(36-38)42-19-7-10-28-53(42)62(55)56-29-14-26-49-58-44(40-17-4-5-21-45(40)59(49)56)22-12-23-46(58)48-25-13-24-47-43-20-8-11-30-57(43)63-60(47)48/h1-36H. The molecule has 0 amide bonds. The van der Waals surface area contributed by atoms with Crippen LogP contribution in [0.15, 0.2) is 223 Å². The zero-order valence-corrected chi connectivity index (χ0v) is 34.1. The van der Waals surface area contributed by atoms with E-state index in [-0.39, 0.29) is 0 Å². The monoisotopic (exact) mass is 800 g/mol. The van der Waals surface area contributed by atoms with E-state index in [1.165, 1.54) is 98.3 Å². The van der Waals surface area contributed by atoms with Crippen LogP contribution in [0, 0.1) is 0 Å². The van der Waals surface area contributed by atoms with E-state index in [9.17, 15) is 0 Å². The van der Waals surface area contributed by atoms with Gasteiger partial charge in [-0.15, -0.1) is 0 Å². The number of hydrogen-bond acceptors (Lipinski definition) is 1. The zero-order chi connectivity index (χ0) is 41.2. The molecule has 0 bridgehead atoms. The van der Waals surface area contributed by atoms with Crippen molar-refractivity contribution < 1.29 is 4.42 Å². The Hall–Kier alpha value is -8.40. The smallest absolute Gasteiger partial charge is 0.143 e. The number of benzene rings is 11. The molecular formula is C60H36N2O. The van der Waals surface area contributed by atoms with Crippen LogP contribution in [-0.4, -0.2) is 9.13 Å². The first-order valence-corrected chi connectivity index (χ1v) is 21.7. The maximum atomic E-state index is 6.66. The van der Waals surface area contributed by atoms with Crippen molar-refractivity contribution in [1.82, 2.24) is 9.13 Å². The average molecular weight is 801 g/mol. The molecule has 0 aliphatic heterocycles. The van der Waals surface area contributed by atoms with Crippen LogP contribution in [-0.2, 0) is 0 Å². The quantitative estimate of drug-likeness (QED) is 0.163. The highest BCUT2D eigenvalue weighted by Gasteiger charge is 2.22. The van der Waals surface area contributed by atoms with Gasteiger partial charge in [0.2, 0.25) is 0 Å². The summed E-state index contributed by atoms with van der Waals surface area (Å²) in [5.41, 5.74) is 13.6. The molecule has 0 atom stereocenters. The first-order chi connectivity index (χ1) is 31.3. The summed E-state index contributed by atoms with van der Waals surface area (Å²) in [6, 6.07) is 79.7. The Morgan fingerprint density at radius 3 is 1.54 bits per heavy atom. The van der Waals surface area contributed by atoms with Crippen LogP contribution in [0.5, 0.6) is 0 Å². The van der Waals surface area contributed by atoms with Crippen LogP contribution in [0.3, 0.4) is 0 Å². The molecule has 0 unspecified atom stereocenters. The van der Waals surface area contributed by atoms with Crippen LogP contribution in [0.25, 0.3) is 131 Å². The molecule has 0 fully saturated rings. The molecule has 14 aromatic rings. The number of rotatable bonds is 4. The van der Waals surface area contributed by atoms with Gasteiger partial charge in [0.15, 0.2) is 0 Å². The van der Waals surface area contributed by atoms with Crippen LogP contribution >= 0.6 is 0 Å². The van der Waals surface area contributed by atoms with E-state index in [0.29, 0.717) is 0 Å². The van der Waals surface area contributed by atoms with Gasteiger partial charge < -0.3 is 13.6 Å². The second-order valence-electron chi connectivity index (χ2n) is 16.8. The summed E-state index contributed by atoms with van der Waals surface area (Å²) in [6.07, 6.45) is 0. The SMILES string of the molecule is c1ccc(-n2c3ccccc3c3cc(-c4ccc5c(c4)c4ccccc4n5-c4cccc5c6c(-c7cccc8c7oc7ccccc78)cccc6c6ccccc6c45)ccc32)cc1. The van der Waals surface area contributed by atoms with Gasteiger partial charge in [-0.05, 0) is 104 Å². The fraction of sp³-hybridized carbons (Fsp3) is 0. The topological polar surface area (TPSA) is 23.0 Å². The molecule has 0 radical (unpaired) electrons. The van der Waals surface area contributed by atoms with Gasteiger partial charge in [-0.1, -0.05) is 158 Å². The fourth-order valence-corrected chi connectivity index (χ4v) is 10.8. The molecule has 0 aliphatic carbocycles. The molecule has 3 heteroatoms. The van der Waals surface area contributed by atoms with E-state index in [0.717, 1.165) is 33.2 Å². The molecular weight excluding hydrogens is 765 g/mol. The van der Waals surface area contributed by atoms with Crippen LogP contribution < -0.4 is 0 Å². The summed E-state index contributed by atoms with van der Waals surface area (Å²) < 4.78 is 11.5. The van der Waals surface area contributed by atoms with E-state index >= 15 is 0 Å². The number of aromatic nitrogens is 2. The molecule has 63 heavy (non-hydrogen) atoms. The summed E-state index contributed by atoms with van der Waals surface area (Å²) in [4.78, 5) is 0. The van der Waals surface area contributed by atoms with Crippen molar-refractivity contribution in [2.45, 2.75) is 0 Å². The third-order valence-corrected chi connectivity index (χ3v) is 13.5. The van der Waals surface area contributed by atoms with E-state index in [2.05, 4.69) is 221 Å². The minimum atomic E-state index is 0.906. The van der Waals surface area contributed by atoms with E-state index < -0.39 is 0 Å². The van der Waals surface area contributed by atoms with Crippen molar-refractivity contribution in [3.63, 3.8) is 0 Å². The number of para-hydroxylation sites is 5. The molecule has 14 rings (SSSR count). The number of nitrogens with zero attached hydrogens (tertiary/aromatic N) is 2. The summed E-state index contributed by atoms with van der Waals surface area (Å²) >= 11 is 0. The highest BCUT2D eigenvalue weighted by Crippen LogP contribution is 2.46. The lowest BCUT2D eigenvalue weighted by Crippen LogP contribution is -1.97. The molecule has 0 N–H and O–H groups in total. The summed E-state index contributed by atoms with van der Waals surface area (Å²) in [5.74, 6) is 0. The Morgan fingerprint density at radius 1 is 0.286 bits per heavy atom. The molecule has 3 heterocycles. The lowest BCUT2D eigenvalue weighted by Gasteiger charge is -2.18. The highest BCUT2D eigenvalue weighted by atomic mass is 16.3. The summed E-state index contributed by atoms with van der Waals surface area (Å²) in [7, 11) is 0. The number of fused-ring (bicyclic) bond motifs is 15. The average Bonchev–Trinajstić information content (AvgIpc) is 4.01. The Balaban J connectivity index is 1.02. The predicted molar refractivity (Wildman–Crippen MR) is 266 cm³/mol. The van der Waals surface area contributed by atoms with E-state index in [4.69, 9.17) is 4.42 Å². The van der Waals surface area contributed by atoms with Crippen molar-refractivity contribution in [3.8, 4) is 33.6 Å². The third-order valence-electron chi connectivity index (χ3n) is 13.5. The van der Waals surface area contributed by atoms with Crippen LogP contribution in [0.1, 0.15) is 0 Å². The molecule has 0 saturated carbocycles. The van der Waals surface area contributed by atoms with Gasteiger partial charge >= 0.3 is 0 Å². The molecule has 0 spiro atoms. The van der Waals surface area contributed by atoms with Crippen molar-refractivity contribution in [2.24, 2.45) is 0 Å². The first kappa shape index (κ1) is 34.3. The Bertz CT molecular complexity index is 4200. The normalized spacial score (nSPS) is 12.1. The van der Waals surface area contributed by atoms with Gasteiger partial charge in [-0.25, -0.2) is 0 Å². The lowest BCUT2D eigenvalue weighted by molar-refractivity contribution is 0.670. The molecule has 3 nitrogen and oxygen atoms in total. The minimum absolute atomic E-state index is 0.906. The Morgan fingerprint density at radius 2 is 0.794 bits per heavy atom. The van der Waals surface area contributed by atoms with Crippen molar-refractivity contribution in [2.75, 3.05) is 0 Å². The lowest BCUT2D eigenvalue weighted by atomic mass is 9.88. The van der Waals surface area contributed by atoms with E-state index in [1.807, 2.05) is 6.07 Å². The van der Waals surface area contributed by atoms with E-state index in [1.54, 1.807) is 0 Å². The number of hydrogen-bond donors (Lipinski definition) is 0. The van der Waals surface area contributed by atoms with Gasteiger partial charge in [0.25, 0.3) is 0 Å². The molecule has 292 valence electrons. The largest absolute Gasteiger partial charge is 0.455 e. The van der Waals surface area contributed by atoms with Gasteiger partial charge in [0, 0.05) is 49.0 Å². The molecule has 0 aliphatic rings. The van der Waals surface area contributed by atoms with Crippen molar-refractivity contribution in [3.05, 3.63) is 218 Å². The third kappa shape index (κ3) is 4.85. The van der Waals surface area contributed by atoms with Crippen LogP contribution in [0.2, 0.25) is 0 Å². The van der Waals surface area contributed by atoms with Gasteiger partial charge in [0.1, 0.15) is 11.2 Å². The number of furan rings is 1. The van der Waals surface area contributed by atoms with Crippen molar-refractivity contribution in [1.29, 1.82) is 0 Å². The second-order valence-corrected chi connectivity index (χ2v) is 16.8. The van der Waals surface area contributed by atoms with Gasteiger partial charge in [-0.3, -0.25) is 0 Å². The van der Waals surface area contributed by atoms with Gasteiger partial charge in [-0.2, -0.15) is 0 Å². The molecule has 11 aromatic carbocycles. The minimum Gasteiger partial charge on any atom is -0.455 e. The zero-order valence-electron chi connectivity index (χ0n) is 34.1. The molecule has 3 aromatic heterocycles. The maximum Gasteiger partial charge on any atom is 0.143 e. The summed E-state index contributed by atoms with van der Waals surface area (Å²) in [5, 5.41) is 14.6. The van der Waals surface area contributed by atoms with Crippen LogP contribution in [0.4, 0.5) is 0 Å².